The summed E-state index contributed by atoms with van der Waals surface area (Å²) in [5.74, 6) is -2.84. The average molecular weight is 632 g/mol. The zero-order chi connectivity index (χ0) is 31.8. The molecule has 0 aliphatic heterocycles. The van der Waals surface area contributed by atoms with E-state index >= 15 is 0 Å². The minimum atomic E-state index is -4.45. The van der Waals surface area contributed by atoms with Crippen molar-refractivity contribution in [2.45, 2.75) is 50.7 Å². The van der Waals surface area contributed by atoms with Crippen LogP contribution in [0, 0.1) is 5.92 Å². The quantitative estimate of drug-likeness (QED) is 0.132. The number of benzene rings is 2. The molecule has 12 nitrogen and oxygen atoms in total. The monoisotopic (exact) mass is 631 g/mol. The van der Waals surface area contributed by atoms with E-state index in [1.54, 1.807) is 34.0 Å². The van der Waals surface area contributed by atoms with Crippen LogP contribution >= 0.6 is 12.2 Å². The van der Waals surface area contributed by atoms with Crippen LogP contribution in [-0.2, 0) is 35.6 Å². The summed E-state index contributed by atoms with van der Waals surface area (Å²) in [6.45, 7) is 6.41. The van der Waals surface area contributed by atoms with Crippen LogP contribution in [-0.4, -0.2) is 62.8 Å². The number of nitrogens with zero attached hydrogens (tertiary/aromatic N) is 1. The Morgan fingerprint density at radius 1 is 1.09 bits per heavy atom. The summed E-state index contributed by atoms with van der Waals surface area (Å²) in [7, 11) is -1.58. The Labute approximate surface area is 256 Å². The van der Waals surface area contributed by atoms with Crippen LogP contribution in [0.3, 0.4) is 0 Å². The Hall–Kier alpha value is -3.85. The fourth-order valence-electron chi connectivity index (χ4n) is 4.07. The van der Waals surface area contributed by atoms with Gasteiger partial charge in [0.25, 0.3) is 0 Å². The summed E-state index contributed by atoms with van der Waals surface area (Å²) in [6, 6.07) is 12.3. The number of ether oxygens (including phenoxy) is 2. The van der Waals surface area contributed by atoms with Gasteiger partial charge in [-0.3, -0.25) is 19.4 Å². The number of hydroxylamine groups is 1. The molecule has 3 aromatic rings. The molecule has 43 heavy (non-hydrogen) atoms. The van der Waals surface area contributed by atoms with Gasteiger partial charge in [-0.15, -0.1) is 0 Å². The number of hydrogen-bond donors (Lipinski definition) is 4. The van der Waals surface area contributed by atoms with Gasteiger partial charge < -0.3 is 20.1 Å². The molecular weight excluding hydrogens is 594 g/mol. The van der Waals surface area contributed by atoms with Crippen molar-refractivity contribution in [1.29, 1.82) is 0 Å². The van der Waals surface area contributed by atoms with Gasteiger partial charge in [0.05, 0.1) is 25.2 Å². The molecular formula is C29H37N5O7S2. The van der Waals surface area contributed by atoms with Gasteiger partial charge in [-0.1, -0.05) is 25.1 Å². The summed E-state index contributed by atoms with van der Waals surface area (Å²) in [6.07, 6.45) is 2.17. The van der Waals surface area contributed by atoms with Gasteiger partial charge >= 0.3 is 5.97 Å². The fourth-order valence-corrected chi connectivity index (χ4v) is 5.57. The highest BCUT2D eigenvalue weighted by molar-refractivity contribution is 7.89. The molecule has 0 aliphatic rings. The van der Waals surface area contributed by atoms with Crippen LogP contribution in [0.5, 0.6) is 5.75 Å². The van der Waals surface area contributed by atoms with Crippen LogP contribution < -0.4 is 25.6 Å². The number of fused-ring (bicyclic) bond motifs is 1. The number of hydrogen-bond acceptors (Lipinski definition) is 9. The van der Waals surface area contributed by atoms with E-state index in [0.717, 1.165) is 16.5 Å². The molecule has 0 aliphatic carbocycles. The number of thiocarbonyl (C=S) groups is 1. The normalized spacial score (nSPS) is 13.1. The number of carbonyl (C=O) groups is 2. The third-order valence-electron chi connectivity index (χ3n) is 6.14. The van der Waals surface area contributed by atoms with Crippen LogP contribution in [0.4, 0.5) is 5.69 Å². The zero-order valence-electron chi connectivity index (χ0n) is 24.9. The highest BCUT2D eigenvalue weighted by Crippen LogP contribution is 2.29. The summed E-state index contributed by atoms with van der Waals surface area (Å²) in [5, 5.41) is 7.01. The molecule has 0 saturated carbocycles. The number of carbonyl (C=O) groups excluding carboxylic acids is 2. The third kappa shape index (κ3) is 9.32. The van der Waals surface area contributed by atoms with E-state index in [4.69, 9.17) is 21.7 Å². The van der Waals surface area contributed by atoms with Crippen LogP contribution in [0.25, 0.3) is 10.9 Å². The van der Waals surface area contributed by atoms with E-state index in [9.17, 15) is 18.0 Å². The molecule has 2 unspecified atom stereocenters. The molecule has 0 saturated heterocycles. The fraction of sp³-hybridized carbons (Fsp3) is 0.379. The third-order valence-corrected chi connectivity index (χ3v) is 7.93. The topological polar surface area (TPSA) is 157 Å². The number of esters is 1. The molecule has 3 rings (SSSR count). The Balaban J connectivity index is 1.95. The lowest BCUT2D eigenvalue weighted by Crippen LogP contribution is -2.51. The molecule has 2 atom stereocenters. The van der Waals surface area contributed by atoms with Crippen molar-refractivity contribution in [2.75, 3.05) is 26.1 Å². The maximum absolute atomic E-state index is 13.8. The van der Waals surface area contributed by atoms with Crippen molar-refractivity contribution in [3.8, 4) is 5.75 Å². The lowest BCUT2D eigenvalue weighted by Gasteiger charge is -2.27. The summed E-state index contributed by atoms with van der Waals surface area (Å²) < 4.78 is 41.4. The number of amides is 1. The number of aromatic nitrogens is 1. The lowest BCUT2D eigenvalue weighted by atomic mass is 10.0. The van der Waals surface area contributed by atoms with Gasteiger partial charge in [-0.05, 0) is 62.8 Å². The molecule has 4 N–H and O–H groups in total. The molecule has 1 aromatic heterocycles. The van der Waals surface area contributed by atoms with E-state index in [2.05, 4.69) is 30.7 Å². The molecule has 0 fully saturated rings. The second-order valence-electron chi connectivity index (χ2n) is 10.5. The number of pyridine rings is 1. The van der Waals surface area contributed by atoms with E-state index in [-0.39, 0.29) is 17.3 Å². The van der Waals surface area contributed by atoms with E-state index < -0.39 is 39.5 Å². The highest BCUT2D eigenvalue weighted by Gasteiger charge is 2.38. The average Bonchev–Trinajstić information content (AvgIpc) is 2.95. The molecule has 1 amide bonds. The van der Waals surface area contributed by atoms with Gasteiger partial charge in [0.2, 0.25) is 15.9 Å². The van der Waals surface area contributed by atoms with Crippen molar-refractivity contribution in [3.63, 3.8) is 0 Å². The van der Waals surface area contributed by atoms with Gasteiger partial charge in [0, 0.05) is 36.8 Å². The first-order valence-electron chi connectivity index (χ1n) is 13.4. The maximum atomic E-state index is 13.8. The predicted molar refractivity (Wildman–Crippen MR) is 167 cm³/mol. The zero-order valence-corrected chi connectivity index (χ0v) is 26.5. The van der Waals surface area contributed by atoms with Crippen molar-refractivity contribution in [3.05, 3.63) is 60.3 Å². The number of sulfonamides is 1. The number of rotatable bonds is 12. The lowest BCUT2D eigenvalue weighted by molar-refractivity contribution is -0.160. The van der Waals surface area contributed by atoms with Crippen LogP contribution in [0.2, 0.25) is 0 Å². The molecule has 0 spiro atoms. The van der Waals surface area contributed by atoms with Gasteiger partial charge in [-0.25, -0.2) is 13.9 Å². The van der Waals surface area contributed by atoms with E-state index in [1.165, 1.54) is 32.2 Å². The van der Waals surface area contributed by atoms with E-state index in [0.29, 0.717) is 17.2 Å². The minimum Gasteiger partial charge on any atom is -0.492 e. The predicted octanol–water partition coefficient (Wildman–Crippen LogP) is 3.07. The van der Waals surface area contributed by atoms with Gasteiger partial charge in [0.15, 0.2) is 5.11 Å². The van der Waals surface area contributed by atoms with Crippen LogP contribution in [0.1, 0.15) is 33.3 Å². The Morgan fingerprint density at radius 2 is 1.84 bits per heavy atom. The Kier molecular flexibility index (Phi) is 11.4. The molecule has 0 radical (unpaired) electrons. The number of anilines is 1. The first-order valence-corrected chi connectivity index (χ1v) is 15.3. The molecule has 0 bridgehead atoms. The Bertz CT molecular complexity index is 1570. The maximum Gasteiger partial charge on any atom is 0.325 e. The minimum absolute atomic E-state index is 0.00620. The highest BCUT2D eigenvalue weighted by atomic mass is 32.2. The SMILES string of the molecule is CNC(=S)Nc1ccc(S(=O)(=O)NC(C(=O)OC(C)(C)C)C(C)C(=O)NOC)c(OCCc2cccc3ncccc23)c1. The van der Waals surface area contributed by atoms with Crippen molar-refractivity contribution in [1.82, 2.24) is 20.5 Å². The molecule has 14 heteroatoms. The number of nitrogens with one attached hydrogen (secondary N) is 4. The Morgan fingerprint density at radius 3 is 2.51 bits per heavy atom. The second kappa shape index (κ2) is 14.6. The molecule has 232 valence electrons. The van der Waals surface area contributed by atoms with Crippen LogP contribution in [0.15, 0.2) is 59.6 Å². The van der Waals surface area contributed by atoms with Gasteiger partial charge in [0.1, 0.15) is 22.3 Å². The summed E-state index contributed by atoms with van der Waals surface area (Å²) >= 11 is 5.19. The van der Waals surface area contributed by atoms with Gasteiger partial charge in [-0.2, -0.15) is 4.72 Å². The first-order chi connectivity index (χ1) is 20.3. The standard InChI is InChI=1S/C29H37N5O7S2/c1-18(26(35)33-39-6)25(27(36)41-29(2,3)4)34-43(37,38)24-13-12-20(32-28(42)30-5)17-23(24)40-16-14-19-9-7-11-22-21(19)10-8-15-31-22/h7-13,15,17-18,25,34H,14,16H2,1-6H3,(H,33,35)(H2,30,32,42). The van der Waals surface area contributed by atoms with Crippen molar-refractivity contribution >= 4 is 55.8 Å². The first kappa shape index (κ1) is 33.6. The van der Waals surface area contributed by atoms with E-state index in [1.807, 2.05) is 30.3 Å². The van der Waals surface area contributed by atoms with Crippen molar-refractivity contribution in [2.24, 2.45) is 5.92 Å². The summed E-state index contributed by atoms with van der Waals surface area (Å²) in [5.41, 5.74) is 3.47. The smallest absolute Gasteiger partial charge is 0.325 e. The summed E-state index contributed by atoms with van der Waals surface area (Å²) in [4.78, 5) is 34.5. The second-order valence-corrected chi connectivity index (χ2v) is 12.6. The van der Waals surface area contributed by atoms with Crippen molar-refractivity contribution < 1.29 is 32.3 Å². The molecule has 1 heterocycles. The molecule has 2 aromatic carbocycles. The largest absolute Gasteiger partial charge is 0.492 e.